The van der Waals surface area contributed by atoms with E-state index in [0.29, 0.717) is 71.5 Å². The summed E-state index contributed by atoms with van der Waals surface area (Å²) in [5, 5.41) is 9.46. The average Bonchev–Trinajstić information content (AvgIpc) is 3.01. The van der Waals surface area contributed by atoms with E-state index >= 15 is 0 Å². The number of aliphatic hydroxyl groups excluding tert-OH is 1. The molecular formula is C22H53N3O12P4+2. The molecule has 0 aliphatic carbocycles. The SMILES string of the molecule is CO[P+](=O)CCN(CCN(CCCO)CCN(CCP(=O)(OC)OC)CC[P+](O)(OC)OC)CCP(=O)(OC)OC. The van der Waals surface area contributed by atoms with Gasteiger partial charge in [-0.2, -0.15) is 13.9 Å². The summed E-state index contributed by atoms with van der Waals surface area (Å²) >= 11 is 0. The highest BCUT2D eigenvalue weighted by Crippen LogP contribution is 2.55. The fourth-order valence-electron chi connectivity index (χ4n) is 3.75. The number of rotatable bonds is 28. The van der Waals surface area contributed by atoms with E-state index in [1.54, 1.807) is 0 Å². The molecule has 0 fully saturated rings. The molecule has 246 valence electrons. The predicted octanol–water partition coefficient (Wildman–Crippen LogP) is 2.68. The van der Waals surface area contributed by atoms with Crippen LogP contribution in [0.25, 0.3) is 0 Å². The van der Waals surface area contributed by atoms with E-state index in [-0.39, 0.29) is 25.1 Å². The van der Waals surface area contributed by atoms with Gasteiger partial charge in [0.15, 0.2) is 12.3 Å². The minimum Gasteiger partial charge on any atom is -0.396 e. The second-order valence-electron chi connectivity index (χ2n) is 8.97. The predicted molar refractivity (Wildman–Crippen MR) is 162 cm³/mol. The zero-order valence-electron chi connectivity index (χ0n) is 25.7. The van der Waals surface area contributed by atoms with E-state index < -0.39 is 31.2 Å². The van der Waals surface area contributed by atoms with Gasteiger partial charge in [0.1, 0.15) is 0 Å². The number of nitrogens with zero attached hydrogens (tertiary/aromatic N) is 3. The molecule has 0 aromatic heterocycles. The molecule has 0 heterocycles. The van der Waals surface area contributed by atoms with Gasteiger partial charge in [-0.15, -0.1) is 4.52 Å². The first kappa shape index (κ1) is 41.5. The molecule has 0 aromatic carbocycles. The van der Waals surface area contributed by atoms with Gasteiger partial charge in [-0.1, -0.05) is 0 Å². The summed E-state index contributed by atoms with van der Waals surface area (Å²) in [5.74, 6) is 0. The summed E-state index contributed by atoms with van der Waals surface area (Å²) < 4.78 is 72.7. The minimum absolute atomic E-state index is 0.0349. The summed E-state index contributed by atoms with van der Waals surface area (Å²) in [4.78, 5) is 16.8. The lowest BCUT2D eigenvalue weighted by molar-refractivity contribution is 0.167. The lowest BCUT2D eigenvalue weighted by atomic mass is 10.3. The highest BCUT2D eigenvalue weighted by atomic mass is 31.2. The molecule has 19 heteroatoms. The number of hydrogen-bond donors (Lipinski definition) is 2. The van der Waals surface area contributed by atoms with Crippen LogP contribution in [0, 0.1) is 0 Å². The van der Waals surface area contributed by atoms with Crippen molar-refractivity contribution in [3.05, 3.63) is 0 Å². The van der Waals surface area contributed by atoms with Gasteiger partial charge in [-0.05, 0) is 11.0 Å². The fraction of sp³-hybridized carbons (Fsp3) is 1.00. The van der Waals surface area contributed by atoms with Crippen LogP contribution >= 0.6 is 31.2 Å². The summed E-state index contributed by atoms with van der Waals surface area (Å²) in [5.41, 5.74) is 0. The Morgan fingerprint density at radius 2 is 1.07 bits per heavy atom. The van der Waals surface area contributed by atoms with Gasteiger partial charge in [0.2, 0.25) is 0 Å². The molecule has 0 aliphatic heterocycles. The molecule has 15 nitrogen and oxygen atoms in total. The smallest absolute Gasteiger partial charge is 0.396 e. The van der Waals surface area contributed by atoms with Crippen molar-refractivity contribution in [1.82, 2.24) is 14.7 Å². The average molecular weight is 676 g/mol. The van der Waals surface area contributed by atoms with Crippen LogP contribution in [-0.4, -0.2) is 165 Å². The van der Waals surface area contributed by atoms with Crippen molar-refractivity contribution in [1.29, 1.82) is 0 Å². The van der Waals surface area contributed by atoms with Crippen molar-refractivity contribution in [2.75, 3.05) is 140 Å². The topological polar surface area (TPSA) is 166 Å². The molecule has 0 aliphatic rings. The monoisotopic (exact) mass is 675 g/mol. The highest BCUT2D eigenvalue weighted by Gasteiger charge is 2.38. The second-order valence-corrected chi connectivity index (χ2v) is 17.7. The Hall–Kier alpha value is 0.510. The molecule has 0 spiro atoms. The minimum atomic E-state index is -3.24. The van der Waals surface area contributed by atoms with Gasteiger partial charge in [-0.25, -0.2) is 0 Å². The summed E-state index contributed by atoms with van der Waals surface area (Å²) in [7, 11) is -1.68. The Kier molecular flexibility index (Phi) is 23.2. The summed E-state index contributed by atoms with van der Waals surface area (Å²) in [6.07, 6.45) is 1.49. The Bertz CT molecular complexity index is 781. The maximum absolute atomic E-state index is 12.7. The first-order chi connectivity index (χ1) is 19.4. The molecule has 2 N–H and O–H groups in total. The van der Waals surface area contributed by atoms with E-state index in [1.165, 1.54) is 49.8 Å². The van der Waals surface area contributed by atoms with Crippen LogP contribution in [0.4, 0.5) is 0 Å². The highest BCUT2D eigenvalue weighted by molar-refractivity contribution is 7.60. The molecule has 0 radical (unpaired) electrons. The molecule has 0 saturated heterocycles. The largest absolute Gasteiger partial charge is 0.509 e. The lowest BCUT2D eigenvalue weighted by Gasteiger charge is -2.30. The third kappa shape index (κ3) is 18.2. The molecule has 0 saturated carbocycles. The molecule has 0 amide bonds. The third-order valence-corrected chi connectivity index (χ3v) is 13.3. The number of hydrogen-bond acceptors (Lipinski definition) is 15. The maximum atomic E-state index is 12.7. The second kappa shape index (κ2) is 22.9. The molecule has 0 bridgehead atoms. The first-order valence-corrected chi connectivity index (χ1v) is 19.9. The molecular weight excluding hydrogens is 622 g/mol. The van der Waals surface area contributed by atoms with Crippen molar-refractivity contribution >= 4 is 31.2 Å². The van der Waals surface area contributed by atoms with E-state index in [4.69, 9.17) is 31.7 Å². The molecule has 0 rings (SSSR count). The van der Waals surface area contributed by atoms with E-state index in [2.05, 4.69) is 4.90 Å². The first-order valence-electron chi connectivity index (χ1n) is 13.3. The zero-order valence-corrected chi connectivity index (χ0v) is 29.3. The van der Waals surface area contributed by atoms with Crippen LogP contribution < -0.4 is 0 Å². The van der Waals surface area contributed by atoms with Crippen molar-refractivity contribution in [3.8, 4) is 0 Å². The van der Waals surface area contributed by atoms with E-state index in [9.17, 15) is 23.7 Å². The van der Waals surface area contributed by atoms with Crippen LogP contribution in [-0.2, 0) is 45.4 Å². The lowest BCUT2D eigenvalue weighted by Crippen LogP contribution is -2.42. The number of aliphatic hydroxyl groups is 1. The van der Waals surface area contributed by atoms with Crippen LogP contribution in [0.1, 0.15) is 6.42 Å². The summed E-state index contributed by atoms with van der Waals surface area (Å²) in [6, 6.07) is 0. The molecule has 0 aromatic rings. The van der Waals surface area contributed by atoms with Crippen LogP contribution in [0.5, 0.6) is 0 Å². The molecule has 41 heavy (non-hydrogen) atoms. The standard InChI is InChI=1S/C22H53N3O12P4/c1-31-38(27)19-14-24(15-20-39(28,32-2)33-3)12-10-23(9-8-18-26)11-13-25(16-21-40(29,34-4)35-5)17-22-41(30,36-6)37-7/h26,29H,8-22H2,1-7H3/q+2. The van der Waals surface area contributed by atoms with E-state index in [0.717, 1.165) is 0 Å². The Labute approximate surface area is 247 Å². The normalized spacial score (nSPS) is 13.6. The van der Waals surface area contributed by atoms with Crippen LogP contribution in [0.2, 0.25) is 0 Å². The maximum Gasteiger partial charge on any atom is 0.509 e. The molecule has 1 unspecified atom stereocenters. The van der Waals surface area contributed by atoms with Crippen molar-refractivity contribution < 1.29 is 55.4 Å². The van der Waals surface area contributed by atoms with Crippen molar-refractivity contribution in [3.63, 3.8) is 0 Å². The van der Waals surface area contributed by atoms with Gasteiger partial charge in [0, 0.05) is 93.9 Å². The molecule has 1 atom stereocenters. The van der Waals surface area contributed by atoms with Gasteiger partial charge < -0.3 is 28.1 Å². The zero-order chi connectivity index (χ0) is 31.4. The van der Waals surface area contributed by atoms with Gasteiger partial charge in [0.25, 0.3) is 0 Å². The quantitative estimate of drug-likeness (QED) is 0.116. The Morgan fingerprint density at radius 1 is 0.659 bits per heavy atom. The Morgan fingerprint density at radius 3 is 1.44 bits per heavy atom. The fourth-order valence-corrected chi connectivity index (χ4v) is 7.51. The van der Waals surface area contributed by atoms with Crippen molar-refractivity contribution in [2.24, 2.45) is 0 Å². The van der Waals surface area contributed by atoms with Gasteiger partial charge in [-0.3, -0.25) is 18.9 Å². The third-order valence-electron chi connectivity index (χ3n) is 6.66. The van der Waals surface area contributed by atoms with E-state index in [1.807, 2.05) is 9.80 Å². The van der Waals surface area contributed by atoms with Crippen LogP contribution in [0.3, 0.4) is 0 Å². The Balaban J connectivity index is 5.49. The van der Waals surface area contributed by atoms with Crippen molar-refractivity contribution in [2.45, 2.75) is 6.42 Å². The van der Waals surface area contributed by atoms with Gasteiger partial charge in [0.05, 0.1) is 33.7 Å². The summed E-state index contributed by atoms with van der Waals surface area (Å²) in [6.45, 7) is 4.71. The van der Waals surface area contributed by atoms with Crippen LogP contribution in [0.15, 0.2) is 0 Å². The van der Waals surface area contributed by atoms with Gasteiger partial charge >= 0.3 is 31.2 Å².